The van der Waals surface area contributed by atoms with Gasteiger partial charge in [-0.2, -0.15) is 0 Å². The van der Waals surface area contributed by atoms with E-state index in [1.165, 1.54) is 0 Å². The highest BCUT2D eigenvalue weighted by Gasteiger charge is 2.29. The summed E-state index contributed by atoms with van der Waals surface area (Å²) in [6.45, 7) is 1.75. The Balaban J connectivity index is 2.41. The van der Waals surface area contributed by atoms with E-state index in [4.69, 9.17) is 10.5 Å². The van der Waals surface area contributed by atoms with Crippen LogP contribution in [0.15, 0.2) is 0 Å². The third-order valence-corrected chi connectivity index (χ3v) is 1.59. The van der Waals surface area contributed by atoms with Crippen LogP contribution in [0, 0.1) is 0 Å². The van der Waals surface area contributed by atoms with Crippen molar-refractivity contribution < 1.29 is 9.13 Å². The molecule has 1 atom stereocenters. The van der Waals surface area contributed by atoms with Crippen LogP contribution in [0.4, 0.5) is 4.39 Å². The highest BCUT2D eigenvalue weighted by atomic mass is 19.1. The smallest absolute Gasteiger partial charge is 0.158 e. The highest BCUT2D eigenvalue weighted by molar-refractivity contribution is 4.84. The second-order valence-corrected chi connectivity index (χ2v) is 2.58. The fourth-order valence-electron chi connectivity index (χ4n) is 0.894. The fraction of sp³-hybridized carbons (Fsp3) is 1.00. The monoisotopic (exact) mass is 148 g/mol. The normalized spacial score (nSPS) is 35.4. The summed E-state index contributed by atoms with van der Waals surface area (Å²) in [5, 5.41) is 2.91. The number of halogens is 1. The van der Waals surface area contributed by atoms with Crippen molar-refractivity contribution >= 4 is 0 Å². The number of alkyl halides is 1. The van der Waals surface area contributed by atoms with Crippen LogP contribution < -0.4 is 11.1 Å². The summed E-state index contributed by atoms with van der Waals surface area (Å²) < 4.78 is 18.2. The molecule has 0 aromatic carbocycles. The summed E-state index contributed by atoms with van der Waals surface area (Å²) in [5.41, 5.74) is 3.86. The molecule has 0 amide bonds. The van der Waals surface area contributed by atoms with Gasteiger partial charge in [-0.3, -0.25) is 0 Å². The molecule has 60 valence electrons. The largest absolute Gasteiger partial charge is 0.377 e. The number of nitrogens with two attached hydrogens (primary N) is 1. The Morgan fingerprint density at radius 1 is 1.70 bits per heavy atom. The number of ether oxygens (including phenoxy) is 1. The molecule has 1 fully saturated rings. The van der Waals surface area contributed by atoms with E-state index < -0.39 is 5.67 Å². The maximum Gasteiger partial charge on any atom is 0.158 e. The van der Waals surface area contributed by atoms with E-state index in [9.17, 15) is 4.39 Å². The molecule has 3 nitrogen and oxygen atoms in total. The quantitative estimate of drug-likeness (QED) is 0.515. The van der Waals surface area contributed by atoms with Crippen molar-refractivity contribution in [1.82, 2.24) is 5.32 Å². The minimum atomic E-state index is -1.35. The minimum absolute atomic E-state index is 0.0278. The van der Waals surface area contributed by atoms with Crippen molar-refractivity contribution in [3.05, 3.63) is 0 Å². The van der Waals surface area contributed by atoms with E-state index in [1.807, 2.05) is 0 Å². The van der Waals surface area contributed by atoms with Crippen LogP contribution in [0.25, 0.3) is 0 Å². The first-order valence-electron chi connectivity index (χ1n) is 3.44. The van der Waals surface area contributed by atoms with Crippen LogP contribution in [0.2, 0.25) is 0 Å². The number of hydrogen-bond donors (Lipinski definition) is 2. The Morgan fingerprint density at radius 2 is 2.50 bits per heavy atom. The van der Waals surface area contributed by atoms with Crippen LogP contribution in [0.5, 0.6) is 0 Å². The van der Waals surface area contributed by atoms with Crippen molar-refractivity contribution in [3.8, 4) is 0 Å². The van der Waals surface area contributed by atoms with Gasteiger partial charge in [0.1, 0.15) is 0 Å². The third kappa shape index (κ3) is 1.90. The van der Waals surface area contributed by atoms with Gasteiger partial charge in [0.05, 0.1) is 13.2 Å². The summed E-state index contributed by atoms with van der Waals surface area (Å²) >= 11 is 0. The van der Waals surface area contributed by atoms with E-state index in [2.05, 4.69) is 5.32 Å². The van der Waals surface area contributed by atoms with Gasteiger partial charge in [-0.1, -0.05) is 0 Å². The average molecular weight is 148 g/mol. The van der Waals surface area contributed by atoms with Crippen LogP contribution in [-0.2, 0) is 4.74 Å². The Bertz CT molecular complexity index is 102. The lowest BCUT2D eigenvalue weighted by Gasteiger charge is -2.19. The third-order valence-electron chi connectivity index (χ3n) is 1.59. The molecule has 0 aliphatic carbocycles. The lowest BCUT2D eigenvalue weighted by molar-refractivity contribution is 0.0439. The summed E-state index contributed by atoms with van der Waals surface area (Å²) in [6.07, 6.45) is 0. The molecule has 1 unspecified atom stereocenters. The first-order valence-corrected chi connectivity index (χ1v) is 3.44. The van der Waals surface area contributed by atoms with Gasteiger partial charge in [0.15, 0.2) is 5.67 Å². The molecule has 0 radical (unpaired) electrons. The second kappa shape index (κ2) is 3.27. The van der Waals surface area contributed by atoms with Gasteiger partial charge in [0, 0.05) is 19.6 Å². The van der Waals surface area contributed by atoms with Crippen LogP contribution in [0.3, 0.4) is 0 Å². The number of hydrogen-bond acceptors (Lipinski definition) is 3. The molecule has 1 heterocycles. The van der Waals surface area contributed by atoms with Crippen LogP contribution >= 0.6 is 0 Å². The summed E-state index contributed by atoms with van der Waals surface area (Å²) in [4.78, 5) is 0. The van der Waals surface area contributed by atoms with Gasteiger partial charge in [-0.05, 0) is 0 Å². The SMILES string of the molecule is NCC1(F)CNCCOC1. The summed E-state index contributed by atoms with van der Waals surface area (Å²) in [7, 11) is 0. The molecule has 1 saturated heterocycles. The van der Waals surface area contributed by atoms with E-state index in [0.29, 0.717) is 19.7 Å². The molecule has 10 heavy (non-hydrogen) atoms. The first-order chi connectivity index (χ1) is 4.77. The highest BCUT2D eigenvalue weighted by Crippen LogP contribution is 2.09. The Hall–Kier alpha value is -0.190. The lowest BCUT2D eigenvalue weighted by atomic mass is 10.1. The Morgan fingerprint density at radius 3 is 3.20 bits per heavy atom. The first kappa shape index (κ1) is 7.91. The molecule has 1 aliphatic rings. The molecule has 3 N–H and O–H groups in total. The Kier molecular flexibility index (Phi) is 2.59. The zero-order chi connectivity index (χ0) is 7.45. The fourth-order valence-corrected chi connectivity index (χ4v) is 0.894. The summed E-state index contributed by atoms with van der Waals surface area (Å²) in [6, 6.07) is 0. The molecule has 0 aromatic heterocycles. The maximum atomic E-state index is 13.2. The lowest BCUT2D eigenvalue weighted by Crippen LogP contribution is -2.44. The van der Waals surface area contributed by atoms with Gasteiger partial charge in [0.2, 0.25) is 0 Å². The molecule has 0 aromatic rings. The van der Waals surface area contributed by atoms with Crippen LogP contribution in [-0.4, -0.2) is 38.5 Å². The number of rotatable bonds is 1. The van der Waals surface area contributed by atoms with E-state index in [1.54, 1.807) is 0 Å². The van der Waals surface area contributed by atoms with E-state index in [0.717, 1.165) is 0 Å². The van der Waals surface area contributed by atoms with E-state index in [-0.39, 0.29) is 13.2 Å². The standard InChI is InChI=1S/C6H13FN2O/c7-6(3-8)4-9-1-2-10-5-6/h9H,1-5,8H2. The molecule has 1 aliphatic heterocycles. The summed E-state index contributed by atoms with van der Waals surface area (Å²) in [5.74, 6) is 0. The van der Waals surface area contributed by atoms with Gasteiger partial charge in [-0.25, -0.2) is 4.39 Å². The van der Waals surface area contributed by atoms with Crippen molar-refractivity contribution in [2.45, 2.75) is 5.67 Å². The predicted octanol–water partition coefficient (Wildman–Crippen LogP) is -0.727. The van der Waals surface area contributed by atoms with E-state index >= 15 is 0 Å². The zero-order valence-corrected chi connectivity index (χ0v) is 5.90. The topological polar surface area (TPSA) is 47.3 Å². The minimum Gasteiger partial charge on any atom is -0.377 e. The van der Waals surface area contributed by atoms with Crippen molar-refractivity contribution in [2.75, 3.05) is 32.8 Å². The average Bonchev–Trinajstić information content (AvgIpc) is 2.15. The van der Waals surface area contributed by atoms with Gasteiger partial charge >= 0.3 is 0 Å². The van der Waals surface area contributed by atoms with Crippen molar-refractivity contribution in [2.24, 2.45) is 5.73 Å². The molecule has 0 spiro atoms. The Labute approximate surface area is 59.7 Å². The van der Waals surface area contributed by atoms with Gasteiger partial charge < -0.3 is 15.8 Å². The van der Waals surface area contributed by atoms with Gasteiger partial charge in [-0.15, -0.1) is 0 Å². The molecule has 0 bridgehead atoms. The number of nitrogens with one attached hydrogen (secondary N) is 1. The zero-order valence-electron chi connectivity index (χ0n) is 5.90. The van der Waals surface area contributed by atoms with Crippen molar-refractivity contribution in [1.29, 1.82) is 0 Å². The van der Waals surface area contributed by atoms with Crippen molar-refractivity contribution in [3.63, 3.8) is 0 Å². The van der Waals surface area contributed by atoms with Crippen LogP contribution in [0.1, 0.15) is 0 Å². The molecule has 1 rings (SSSR count). The molecule has 0 saturated carbocycles. The maximum absolute atomic E-state index is 13.2. The predicted molar refractivity (Wildman–Crippen MR) is 36.6 cm³/mol. The second-order valence-electron chi connectivity index (χ2n) is 2.58. The molecular formula is C6H13FN2O. The molecular weight excluding hydrogens is 135 g/mol. The molecule has 4 heteroatoms. The van der Waals surface area contributed by atoms with Gasteiger partial charge in [0.25, 0.3) is 0 Å².